The van der Waals surface area contributed by atoms with Crippen LogP contribution < -0.4 is 10.6 Å². The molecule has 0 heterocycles. The van der Waals surface area contributed by atoms with Crippen molar-refractivity contribution in [2.75, 3.05) is 6.54 Å². The number of amides is 2. The van der Waals surface area contributed by atoms with E-state index in [1.54, 1.807) is 13.8 Å². The Balaban J connectivity index is 2.60. The maximum atomic E-state index is 12.0. The first-order valence-electron chi connectivity index (χ1n) is 7.56. The summed E-state index contributed by atoms with van der Waals surface area (Å²) in [4.78, 5) is 23.6. The summed E-state index contributed by atoms with van der Waals surface area (Å²) in [6.07, 6.45) is 0.198. The lowest BCUT2D eigenvalue weighted by Gasteiger charge is -2.10. The lowest BCUT2D eigenvalue weighted by atomic mass is 10.2. The Morgan fingerprint density at radius 1 is 1.04 bits per heavy atom. The van der Waals surface area contributed by atoms with Crippen LogP contribution in [0.5, 0.6) is 0 Å². The number of carbonyl (C=O) groups is 2. The van der Waals surface area contributed by atoms with E-state index in [9.17, 15) is 18.0 Å². The van der Waals surface area contributed by atoms with Gasteiger partial charge in [0.25, 0.3) is 5.91 Å². The normalized spacial score (nSPS) is 11.6. The summed E-state index contributed by atoms with van der Waals surface area (Å²) in [5.74, 6) is -0.463. The van der Waals surface area contributed by atoms with E-state index < -0.39 is 15.1 Å². The molecule has 0 aromatic heterocycles. The van der Waals surface area contributed by atoms with E-state index in [4.69, 9.17) is 0 Å². The molecule has 0 radical (unpaired) electrons. The molecule has 1 rings (SSSR count). The van der Waals surface area contributed by atoms with E-state index in [2.05, 4.69) is 10.6 Å². The van der Waals surface area contributed by atoms with Crippen LogP contribution in [0, 0.1) is 0 Å². The van der Waals surface area contributed by atoms with Crippen LogP contribution in [0.15, 0.2) is 29.2 Å². The SMILES string of the molecule is CC(C)NC(=O)CCNC(=O)c1ccc(S(=O)(=O)C(C)C)cc1. The average molecular weight is 340 g/mol. The third kappa shape index (κ3) is 5.67. The van der Waals surface area contributed by atoms with E-state index in [0.717, 1.165) is 0 Å². The van der Waals surface area contributed by atoms with Gasteiger partial charge in [-0.3, -0.25) is 9.59 Å². The molecule has 0 aliphatic heterocycles. The highest BCUT2D eigenvalue weighted by Gasteiger charge is 2.19. The number of hydrogen-bond acceptors (Lipinski definition) is 4. The van der Waals surface area contributed by atoms with Gasteiger partial charge in [-0.05, 0) is 52.0 Å². The number of sulfone groups is 1. The fourth-order valence-corrected chi connectivity index (χ4v) is 2.91. The summed E-state index contributed by atoms with van der Waals surface area (Å²) in [6.45, 7) is 7.17. The van der Waals surface area contributed by atoms with Crippen molar-refractivity contribution < 1.29 is 18.0 Å². The third-order valence-corrected chi connectivity index (χ3v) is 5.32. The molecule has 0 aliphatic rings. The van der Waals surface area contributed by atoms with E-state index in [-0.39, 0.29) is 35.7 Å². The molecule has 128 valence electrons. The summed E-state index contributed by atoms with van der Waals surface area (Å²) < 4.78 is 24.0. The van der Waals surface area contributed by atoms with Crippen molar-refractivity contribution in [1.29, 1.82) is 0 Å². The zero-order valence-corrected chi connectivity index (χ0v) is 14.7. The Kier molecular flexibility index (Phi) is 6.75. The molecule has 1 aromatic rings. The summed E-state index contributed by atoms with van der Waals surface area (Å²) in [5, 5.41) is 4.86. The Morgan fingerprint density at radius 2 is 1.61 bits per heavy atom. The highest BCUT2D eigenvalue weighted by molar-refractivity contribution is 7.92. The van der Waals surface area contributed by atoms with Crippen molar-refractivity contribution in [2.45, 2.75) is 50.3 Å². The van der Waals surface area contributed by atoms with E-state index in [0.29, 0.717) is 5.56 Å². The van der Waals surface area contributed by atoms with E-state index >= 15 is 0 Å². The second kappa shape index (κ2) is 8.10. The van der Waals surface area contributed by atoms with E-state index in [1.165, 1.54) is 24.3 Å². The second-order valence-electron chi connectivity index (χ2n) is 5.85. The monoisotopic (exact) mass is 340 g/mol. The van der Waals surface area contributed by atoms with Crippen LogP contribution in [-0.2, 0) is 14.6 Å². The Hall–Kier alpha value is -1.89. The summed E-state index contributed by atoms with van der Waals surface area (Å²) in [5.41, 5.74) is 0.358. The summed E-state index contributed by atoms with van der Waals surface area (Å²) in [6, 6.07) is 5.86. The molecule has 2 amide bonds. The summed E-state index contributed by atoms with van der Waals surface area (Å²) in [7, 11) is -3.34. The molecule has 2 N–H and O–H groups in total. The number of rotatable bonds is 7. The minimum atomic E-state index is -3.34. The molecule has 23 heavy (non-hydrogen) atoms. The Morgan fingerprint density at radius 3 is 2.09 bits per heavy atom. The molecule has 0 saturated carbocycles. The van der Waals surface area contributed by atoms with Crippen LogP contribution in [0.1, 0.15) is 44.5 Å². The van der Waals surface area contributed by atoms with Gasteiger partial charge < -0.3 is 10.6 Å². The Labute approximate surface area is 137 Å². The highest BCUT2D eigenvalue weighted by Crippen LogP contribution is 2.16. The minimum absolute atomic E-state index is 0.0636. The number of carbonyl (C=O) groups excluding carboxylic acids is 2. The fraction of sp³-hybridized carbons (Fsp3) is 0.500. The van der Waals surface area contributed by atoms with Crippen molar-refractivity contribution >= 4 is 21.7 Å². The molecule has 1 aromatic carbocycles. The number of nitrogens with one attached hydrogen (secondary N) is 2. The van der Waals surface area contributed by atoms with Gasteiger partial charge in [0.15, 0.2) is 9.84 Å². The second-order valence-corrected chi connectivity index (χ2v) is 8.35. The number of hydrogen-bond donors (Lipinski definition) is 2. The van der Waals surface area contributed by atoms with Gasteiger partial charge in [-0.1, -0.05) is 0 Å². The molecule has 0 saturated heterocycles. The number of benzene rings is 1. The molecule has 0 fully saturated rings. The maximum Gasteiger partial charge on any atom is 0.251 e. The van der Waals surface area contributed by atoms with E-state index in [1.807, 2.05) is 13.8 Å². The largest absolute Gasteiger partial charge is 0.354 e. The Bertz CT molecular complexity index is 649. The topological polar surface area (TPSA) is 92.3 Å². The lowest BCUT2D eigenvalue weighted by molar-refractivity contribution is -0.121. The molecule has 0 spiro atoms. The zero-order valence-electron chi connectivity index (χ0n) is 13.9. The van der Waals surface area contributed by atoms with Crippen LogP contribution in [0.3, 0.4) is 0 Å². The van der Waals surface area contributed by atoms with Gasteiger partial charge in [0.1, 0.15) is 0 Å². The first kappa shape index (κ1) is 19.2. The standard InChI is InChI=1S/C16H24N2O4S/c1-11(2)18-15(19)9-10-17-16(20)13-5-7-14(8-6-13)23(21,22)12(3)4/h5-8,11-12H,9-10H2,1-4H3,(H,17,20)(H,18,19). The van der Waals surface area contributed by atoms with Crippen LogP contribution >= 0.6 is 0 Å². The predicted molar refractivity (Wildman–Crippen MR) is 89.0 cm³/mol. The van der Waals surface area contributed by atoms with Gasteiger partial charge in [0.05, 0.1) is 10.1 Å². The molecule has 0 aliphatic carbocycles. The molecular formula is C16H24N2O4S. The molecule has 7 heteroatoms. The smallest absolute Gasteiger partial charge is 0.251 e. The van der Waals surface area contributed by atoms with Gasteiger partial charge in [-0.2, -0.15) is 0 Å². The molecule has 0 unspecified atom stereocenters. The highest BCUT2D eigenvalue weighted by atomic mass is 32.2. The molecule has 0 atom stereocenters. The molecular weight excluding hydrogens is 316 g/mol. The van der Waals surface area contributed by atoms with Crippen LogP contribution in [0.4, 0.5) is 0 Å². The van der Waals surface area contributed by atoms with Crippen LogP contribution in [-0.4, -0.2) is 38.1 Å². The summed E-state index contributed by atoms with van der Waals surface area (Å²) >= 11 is 0. The fourth-order valence-electron chi connectivity index (χ4n) is 1.85. The van der Waals surface area contributed by atoms with Gasteiger partial charge in [0.2, 0.25) is 5.91 Å². The van der Waals surface area contributed by atoms with Crippen molar-refractivity contribution in [1.82, 2.24) is 10.6 Å². The lowest BCUT2D eigenvalue weighted by Crippen LogP contribution is -2.34. The first-order valence-corrected chi connectivity index (χ1v) is 9.10. The van der Waals surface area contributed by atoms with Gasteiger partial charge in [-0.15, -0.1) is 0 Å². The first-order chi connectivity index (χ1) is 10.6. The van der Waals surface area contributed by atoms with Gasteiger partial charge in [-0.25, -0.2) is 8.42 Å². The van der Waals surface area contributed by atoms with Crippen LogP contribution in [0.2, 0.25) is 0 Å². The van der Waals surface area contributed by atoms with Gasteiger partial charge >= 0.3 is 0 Å². The van der Waals surface area contributed by atoms with Gasteiger partial charge in [0, 0.05) is 24.6 Å². The third-order valence-electron chi connectivity index (χ3n) is 3.15. The molecule has 0 bridgehead atoms. The predicted octanol–water partition coefficient (Wildman–Crippen LogP) is 1.51. The minimum Gasteiger partial charge on any atom is -0.354 e. The van der Waals surface area contributed by atoms with Crippen molar-refractivity contribution in [2.24, 2.45) is 0 Å². The molecule has 6 nitrogen and oxygen atoms in total. The van der Waals surface area contributed by atoms with Crippen molar-refractivity contribution in [3.8, 4) is 0 Å². The van der Waals surface area contributed by atoms with Crippen molar-refractivity contribution in [3.05, 3.63) is 29.8 Å². The maximum absolute atomic E-state index is 12.0. The average Bonchev–Trinajstić information content (AvgIpc) is 2.46. The zero-order chi connectivity index (χ0) is 17.6. The quantitative estimate of drug-likeness (QED) is 0.787. The van der Waals surface area contributed by atoms with Crippen LogP contribution in [0.25, 0.3) is 0 Å². The van der Waals surface area contributed by atoms with Crippen molar-refractivity contribution in [3.63, 3.8) is 0 Å².